The van der Waals surface area contributed by atoms with E-state index in [1.54, 1.807) is 11.8 Å². The average molecular weight is 415 g/mol. The minimum atomic E-state index is -0.522. The number of nitrogens with zero attached hydrogens (tertiary/aromatic N) is 1. The van der Waals surface area contributed by atoms with Crippen LogP contribution in [0.5, 0.6) is 0 Å². The molecule has 4 nitrogen and oxygen atoms in total. The van der Waals surface area contributed by atoms with Gasteiger partial charge < -0.3 is 10.2 Å². The molecule has 0 bridgehead atoms. The number of halogens is 1. The molecule has 0 saturated carbocycles. The van der Waals surface area contributed by atoms with E-state index < -0.39 is 6.04 Å². The Morgan fingerprint density at radius 3 is 2.31 bits per heavy atom. The van der Waals surface area contributed by atoms with Crippen LogP contribution < -0.4 is 5.32 Å². The summed E-state index contributed by atoms with van der Waals surface area (Å²) in [7, 11) is 0. The zero-order chi connectivity index (χ0) is 21.2. The van der Waals surface area contributed by atoms with Crippen molar-refractivity contribution in [1.82, 2.24) is 10.2 Å². The van der Waals surface area contributed by atoms with Gasteiger partial charge in [0.25, 0.3) is 0 Å². The van der Waals surface area contributed by atoms with E-state index in [1.807, 2.05) is 68.4 Å². The van der Waals surface area contributed by atoms with Crippen LogP contribution in [0.4, 0.5) is 0 Å². The SMILES string of the molecule is CCC(C)NC(=O)C(C)N(CCc1ccccc1)C(=O)CCc1ccccc1Cl. The summed E-state index contributed by atoms with van der Waals surface area (Å²) in [6.45, 7) is 6.30. The van der Waals surface area contributed by atoms with E-state index in [0.29, 0.717) is 30.8 Å². The average Bonchev–Trinajstić information content (AvgIpc) is 2.73. The van der Waals surface area contributed by atoms with E-state index in [1.165, 1.54) is 0 Å². The van der Waals surface area contributed by atoms with Crippen molar-refractivity contribution in [3.8, 4) is 0 Å². The van der Waals surface area contributed by atoms with E-state index in [-0.39, 0.29) is 17.9 Å². The van der Waals surface area contributed by atoms with Gasteiger partial charge in [-0.25, -0.2) is 0 Å². The Morgan fingerprint density at radius 1 is 1.00 bits per heavy atom. The summed E-state index contributed by atoms with van der Waals surface area (Å²) in [5.74, 6) is -0.147. The van der Waals surface area contributed by atoms with Gasteiger partial charge in [-0.1, -0.05) is 67.1 Å². The van der Waals surface area contributed by atoms with Crippen molar-refractivity contribution in [3.63, 3.8) is 0 Å². The van der Waals surface area contributed by atoms with Crippen LogP contribution in [-0.4, -0.2) is 35.3 Å². The first-order chi connectivity index (χ1) is 13.9. The molecule has 156 valence electrons. The molecule has 0 radical (unpaired) electrons. The molecule has 2 rings (SSSR count). The minimum Gasteiger partial charge on any atom is -0.352 e. The fourth-order valence-electron chi connectivity index (χ4n) is 3.12. The number of carbonyl (C=O) groups excluding carboxylic acids is 2. The van der Waals surface area contributed by atoms with Gasteiger partial charge in [0.1, 0.15) is 6.04 Å². The van der Waals surface area contributed by atoms with Gasteiger partial charge in [-0.3, -0.25) is 9.59 Å². The number of hydrogen-bond donors (Lipinski definition) is 1. The Balaban J connectivity index is 2.08. The summed E-state index contributed by atoms with van der Waals surface area (Å²) >= 11 is 6.23. The summed E-state index contributed by atoms with van der Waals surface area (Å²) in [4.78, 5) is 27.4. The third kappa shape index (κ3) is 7.21. The lowest BCUT2D eigenvalue weighted by atomic mass is 10.1. The Kier molecular flexibility index (Phi) is 9.20. The fraction of sp³-hybridized carbons (Fsp3) is 0.417. The van der Waals surface area contributed by atoms with Crippen molar-refractivity contribution < 1.29 is 9.59 Å². The standard InChI is InChI=1S/C24H31ClN2O2/c1-4-18(2)26-24(29)19(3)27(17-16-20-10-6-5-7-11-20)23(28)15-14-21-12-8-9-13-22(21)25/h5-13,18-19H,4,14-17H2,1-3H3,(H,26,29). The molecule has 29 heavy (non-hydrogen) atoms. The quantitative estimate of drug-likeness (QED) is 0.615. The largest absolute Gasteiger partial charge is 0.352 e. The highest BCUT2D eigenvalue weighted by atomic mass is 35.5. The monoisotopic (exact) mass is 414 g/mol. The summed E-state index contributed by atoms with van der Waals surface area (Å²) in [6.07, 6.45) is 2.43. The highest BCUT2D eigenvalue weighted by Gasteiger charge is 2.26. The molecular formula is C24H31ClN2O2. The van der Waals surface area contributed by atoms with Crippen LogP contribution in [0.15, 0.2) is 54.6 Å². The van der Waals surface area contributed by atoms with Crippen LogP contribution in [0, 0.1) is 0 Å². The summed E-state index contributed by atoms with van der Waals surface area (Å²) in [6, 6.07) is 17.1. The molecule has 0 aliphatic carbocycles. The van der Waals surface area contributed by atoms with E-state index >= 15 is 0 Å². The number of nitrogens with one attached hydrogen (secondary N) is 1. The molecule has 0 heterocycles. The zero-order valence-corrected chi connectivity index (χ0v) is 18.3. The fourth-order valence-corrected chi connectivity index (χ4v) is 3.35. The molecule has 0 fully saturated rings. The second-order valence-corrected chi connectivity index (χ2v) is 7.82. The number of amides is 2. The molecule has 0 aliphatic rings. The first-order valence-electron chi connectivity index (χ1n) is 10.3. The Morgan fingerprint density at radius 2 is 1.66 bits per heavy atom. The number of benzene rings is 2. The highest BCUT2D eigenvalue weighted by molar-refractivity contribution is 6.31. The van der Waals surface area contributed by atoms with E-state index in [0.717, 1.165) is 17.5 Å². The second-order valence-electron chi connectivity index (χ2n) is 7.41. The molecular weight excluding hydrogens is 384 g/mol. The number of carbonyl (C=O) groups is 2. The maximum atomic E-state index is 13.1. The van der Waals surface area contributed by atoms with Crippen molar-refractivity contribution in [3.05, 3.63) is 70.7 Å². The number of aryl methyl sites for hydroxylation is 1. The predicted molar refractivity (Wildman–Crippen MR) is 119 cm³/mol. The smallest absolute Gasteiger partial charge is 0.242 e. The van der Waals surface area contributed by atoms with Crippen molar-refractivity contribution in [2.24, 2.45) is 0 Å². The molecule has 2 aromatic carbocycles. The van der Waals surface area contributed by atoms with Gasteiger partial charge in [0, 0.05) is 24.0 Å². The summed E-state index contributed by atoms with van der Waals surface area (Å²) in [5, 5.41) is 3.66. The van der Waals surface area contributed by atoms with Crippen LogP contribution in [0.25, 0.3) is 0 Å². The molecule has 2 aromatic rings. The Hall–Kier alpha value is -2.33. The molecule has 2 atom stereocenters. The number of rotatable bonds is 10. The maximum absolute atomic E-state index is 13.1. The lowest BCUT2D eigenvalue weighted by molar-refractivity contribution is -0.140. The summed E-state index contributed by atoms with van der Waals surface area (Å²) < 4.78 is 0. The highest BCUT2D eigenvalue weighted by Crippen LogP contribution is 2.18. The van der Waals surface area contributed by atoms with E-state index in [4.69, 9.17) is 11.6 Å². The zero-order valence-electron chi connectivity index (χ0n) is 17.5. The third-order valence-electron chi connectivity index (χ3n) is 5.22. The lowest BCUT2D eigenvalue weighted by Crippen LogP contribution is -2.50. The molecule has 5 heteroatoms. The first kappa shape index (κ1) is 23.0. The van der Waals surface area contributed by atoms with Crippen molar-refractivity contribution >= 4 is 23.4 Å². The van der Waals surface area contributed by atoms with Gasteiger partial charge in [-0.15, -0.1) is 0 Å². The third-order valence-corrected chi connectivity index (χ3v) is 5.59. The minimum absolute atomic E-state index is 0.0346. The van der Waals surface area contributed by atoms with Gasteiger partial charge in [-0.2, -0.15) is 0 Å². The number of hydrogen-bond acceptors (Lipinski definition) is 2. The molecule has 2 unspecified atom stereocenters. The maximum Gasteiger partial charge on any atom is 0.242 e. The van der Waals surface area contributed by atoms with Gasteiger partial charge in [-0.05, 0) is 50.3 Å². The van der Waals surface area contributed by atoms with Crippen molar-refractivity contribution in [2.75, 3.05) is 6.54 Å². The van der Waals surface area contributed by atoms with Crippen LogP contribution in [-0.2, 0) is 22.4 Å². The van der Waals surface area contributed by atoms with Gasteiger partial charge in [0.05, 0.1) is 0 Å². The van der Waals surface area contributed by atoms with Gasteiger partial charge in [0.15, 0.2) is 0 Å². The first-order valence-corrected chi connectivity index (χ1v) is 10.7. The van der Waals surface area contributed by atoms with Crippen molar-refractivity contribution in [1.29, 1.82) is 0 Å². The Labute approximate surface area is 179 Å². The van der Waals surface area contributed by atoms with Gasteiger partial charge in [0.2, 0.25) is 11.8 Å². The van der Waals surface area contributed by atoms with Crippen LogP contribution in [0.2, 0.25) is 5.02 Å². The lowest BCUT2D eigenvalue weighted by Gasteiger charge is -2.29. The van der Waals surface area contributed by atoms with Crippen LogP contribution in [0.1, 0.15) is 44.7 Å². The molecule has 0 saturated heterocycles. The molecule has 0 aromatic heterocycles. The molecule has 0 aliphatic heterocycles. The molecule has 2 amide bonds. The van der Waals surface area contributed by atoms with Gasteiger partial charge >= 0.3 is 0 Å². The Bertz CT molecular complexity index is 794. The van der Waals surface area contributed by atoms with Crippen LogP contribution >= 0.6 is 11.6 Å². The van der Waals surface area contributed by atoms with Crippen molar-refractivity contribution in [2.45, 2.75) is 58.5 Å². The normalized spacial score (nSPS) is 12.8. The predicted octanol–water partition coefficient (Wildman–Crippen LogP) is 4.65. The second kappa shape index (κ2) is 11.6. The van der Waals surface area contributed by atoms with Crippen LogP contribution in [0.3, 0.4) is 0 Å². The van der Waals surface area contributed by atoms with E-state index in [9.17, 15) is 9.59 Å². The topological polar surface area (TPSA) is 49.4 Å². The molecule has 1 N–H and O–H groups in total. The summed E-state index contributed by atoms with van der Waals surface area (Å²) in [5.41, 5.74) is 2.09. The van der Waals surface area contributed by atoms with E-state index in [2.05, 4.69) is 5.32 Å². The molecule has 0 spiro atoms.